The predicted octanol–water partition coefficient (Wildman–Crippen LogP) is 6.64. The predicted molar refractivity (Wildman–Crippen MR) is 132 cm³/mol. The number of amides is 2. The van der Waals surface area contributed by atoms with Gasteiger partial charge in [-0.3, -0.25) is 5.84 Å². The van der Waals surface area contributed by atoms with Crippen LogP contribution in [0.15, 0.2) is 48.5 Å². The van der Waals surface area contributed by atoms with Crippen molar-refractivity contribution in [3.05, 3.63) is 48.5 Å². The molecule has 0 atom stereocenters. The van der Waals surface area contributed by atoms with Crippen molar-refractivity contribution in [1.29, 1.82) is 0 Å². The van der Waals surface area contributed by atoms with E-state index in [0.717, 1.165) is 29.3 Å². The third kappa shape index (κ3) is 14.8. The molecule has 0 radical (unpaired) electrons. The molecule has 2 amide bonds. The highest BCUT2D eigenvalue weighted by molar-refractivity contribution is 5.90. The van der Waals surface area contributed by atoms with Crippen LogP contribution in [-0.4, -0.2) is 36.1 Å². The first-order valence-electron chi connectivity index (χ1n) is 11.3. The maximum absolute atomic E-state index is 12.4. The fourth-order valence-corrected chi connectivity index (χ4v) is 2.47. The van der Waals surface area contributed by atoms with Crippen LogP contribution in [0.3, 0.4) is 0 Å². The highest BCUT2D eigenvalue weighted by Gasteiger charge is 2.32. The number of halogens is 6. The van der Waals surface area contributed by atoms with Gasteiger partial charge in [0, 0.05) is 5.69 Å². The minimum absolute atomic E-state index is 0.0460. The topological polar surface area (TPSA) is 124 Å². The third-order valence-electron chi connectivity index (χ3n) is 3.76. The second-order valence-corrected chi connectivity index (χ2v) is 9.69. The fraction of sp³-hybridized carbons (Fsp3) is 0.417. The van der Waals surface area contributed by atoms with Crippen LogP contribution in [0.5, 0.6) is 11.5 Å². The number of alkyl halides is 6. The molecule has 2 aromatic rings. The lowest BCUT2D eigenvalue weighted by Gasteiger charge is -2.28. The van der Waals surface area contributed by atoms with E-state index in [4.69, 9.17) is 15.3 Å². The number of rotatable bonds is 4. The van der Waals surface area contributed by atoms with Crippen molar-refractivity contribution in [2.45, 2.75) is 65.5 Å². The number of nitrogens with zero attached hydrogens (tertiary/aromatic N) is 1. The number of benzene rings is 2. The Morgan fingerprint density at radius 1 is 0.700 bits per heavy atom. The largest absolute Gasteiger partial charge is 0.573 e. The zero-order valence-corrected chi connectivity index (χ0v) is 22.4. The molecule has 0 aliphatic carbocycles. The minimum Gasteiger partial charge on any atom is -0.443 e. The maximum Gasteiger partial charge on any atom is 0.573 e. The van der Waals surface area contributed by atoms with Gasteiger partial charge in [-0.25, -0.2) is 15.0 Å². The lowest BCUT2D eigenvalue weighted by molar-refractivity contribution is -0.275. The van der Waals surface area contributed by atoms with Crippen molar-refractivity contribution in [3.8, 4) is 11.5 Å². The van der Waals surface area contributed by atoms with E-state index in [2.05, 4.69) is 20.3 Å². The van der Waals surface area contributed by atoms with Crippen LogP contribution in [0.1, 0.15) is 41.5 Å². The van der Waals surface area contributed by atoms with Crippen LogP contribution >= 0.6 is 0 Å². The Hall–Kier alpha value is -4.08. The van der Waals surface area contributed by atoms with Crippen LogP contribution in [0, 0.1) is 0 Å². The molecule has 0 saturated carbocycles. The monoisotopic (exact) mass is 584 g/mol. The van der Waals surface area contributed by atoms with Gasteiger partial charge in [-0.05, 0) is 90.1 Å². The molecule has 0 aromatic heterocycles. The van der Waals surface area contributed by atoms with Gasteiger partial charge in [0.15, 0.2) is 0 Å². The van der Waals surface area contributed by atoms with Gasteiger partial charge in [0.1, 0.15) is 22.7 Å². The Labute approximate surface area is 226 Å². The number of carbonyl (C=O) groups is 2. The first kappa shape index (κ1) is 33.9. The van der Waals surface area contributed by atoms with Crippen molar-refractivity contribution in [1.82, 2.24) is 5.43 Å². The van der Waals surface area contributed by atoms with E-state index in [0.29, 0.717) is 5.69 Å². The molecule has 0 saturated heterocycles. The SMILES string of the molecule is CC(C)(C)OC(=O)NN(C(=O)OC(C)(C)C)c1ccc(OC(F)(F)F)cc1.NNc1ccc(OC(F)(F)F)cc1. The van der Waals surface area contributed by atoms with E-state index in [1.165, 1.54) is 24.3 Å². The molecule has 16 heteroatoms. The van der Waals surface area contributed by atoms with Crippen molar-refractivity contribution < 1.29 is 54.9 Å². The second-order valence-electron chi connectivity index (χ2n) is 9.69. The maximum atomic E-state index is 12.4. The fourth-order valence-electron chi connectivity index (χ4n) is 2.47. The lowest BCUT2D eigenvalue weighted by Crippen LogP contribution is -2.50. The van der Waals surface area contributed by atoms with Crippen LogP contribution in [-0.2, 0) is 9.47 Å². The van der Waals surface area contributed by atoms with Gasteiger partial charge < -0.3 is 24.4 Å². The number of nitrogens with two attached hydrogens (primary N) is 1. The van der Waals surface area contributed by atoms with Crippen LogP contribution in [0.2, 0.25) is 0 Å². The first-order valence-corrected chi connectivity index (χ1v) is 11.3. The van der Waals surface area contributed by atoms with Gasteiger partial charge in [0.2, 0.25) is 0 Å². The summed E-state index contributed by atoms with van der Waals surface area (Å²) >= 11 is 0. The number of carbonyl (C=O) groups excluding carboxylic acids is 2. The van der Waals surface area contributed by atoms with Crippen molar-refractivity contribution in [2.75, 3.05) is 10.4 Å². The van der Waals surface area contributed by atoms with Gasteiger partial charge in [0.25, 0.3) is 0 Å². The van der Waals surface area contributed by atoms with Gasteiger partial charge in [0.05, 0.1) is 5.69 Å². The highest BCUT2D eigenvalue weighted by atomic mass is 19.4. The average Bonchev–Trinajstić information content (AvgIpc) is 2.74. The van der Waals surface area contributed by atoms with Gasteiger partial charge in [-0.15, -0.1) is 26.3 Å². The summed E-state index contributed by atoms with van der Waals surface area (Å²) in [5.74, 6) is 4.26. The molecule has 0 spiro atoms. The molecule has 0 unspecified atom stereocenters. The van der Waals surface area contributed by atoms with Crippen LogP contribution < -0.4 is 31.2 Å². The number of hydrazine groups is 2. The lowest BCUT2D eigenvalue weighted by atomic mass is 10.2. The van der Waals surface area contributed by atoms with Crippen molar-refractivity contribution in [3.63, 3.8) is 0 Å². The molecular weight excluding hydrogens is 554 g/mol. The molecule has 40 heavy (non-hydrogen) atoms. The molecule has 0 fully saturated rings. The van der Waals surface area contributed by atoms with Crippen LogP contribution in [0.25, 0.3) is 0 Å². The number of anilines is 2. The third-order valence-corrected chi connectivity index (χ3v) is 3.76. The average molecular weight is 585 g/mol. The molecule has 0 aliphatic heterocycles. The molecule has 0 bridgehead atoms. The summed E-state index contributed by atoms with van der Waals surface area (Å²) in [5.41, 5.74) is 3.35. The van der Waals surface area contributed by atoms with Crippen molar-refractivity contribution >= 4 is 23.6 Å². The molecule has 0 aliphatic rings. The molecule has 10 nitrogen and oxygen atoms in total. The zero-order chi connectivity index (χ0) is 30.9. The Balaban J connectivity index is 0.000000512. The van der Waals surface area contributed by atoms with E-state index in [9.17, 15) is 35.9 Å². The van der Waals surface area contributed by atoms with Gasteiger partial charge in [-0.1, -0.05) is 0 Å². The summed E-state index contributed by atoms with van der Waals surface area (Å²) in [5, 5.41) is 0.733. The summed E-state index contributed by atoms with van der Waals surface area (Å²) in [6.45, 7) is 9.76. The summed E-state index contributed by atoms with van der Waals surface area (Å²) in [4.78, 5) is 24.4. The van der Waals surface area contributed by atoms with Gasteiger partial charge >= 0.3 is 24.9 Å². The van der Waals surface area contributed by atoms with E-state index in [-0.39, 0.29) is 11.4 Å². The molecular formula is C24H30F6N4O6. The Morgan fingerprint density at radius 3 is 1.45 bits per heavy atom. The standard InChI is InChI=1S/C17H23F3N2O5.C7H7F3N2O/c1-15(2,3)26-13(23)21-22(14(24)27-16(4,5)6)11-7-9-12(10-8-11)25-17(18,19)20;8-7(9,10)13-6-3-1-5(12-11)2-4-6/h7-10H,1-6H3,(H,21,23);1-4,12H,11H2. The van der Waals surface area contributed by atoms with Gasteiger partial charge in [-0.2, -0.15) is 5.01 Å². The number of hydrogen-bond acceptors (Lipinski definition) is 8. The zero-order valence-electron chi connectivity index (χ0n) is 22.4. The molecule has 2 aromatic carbocycles. The number of hydrogen-bond donors (Lipinski definition) is 3. The number of nitrogen functional groups attached to an aromatic ring is 1. The molecule has 4 N–H and O–H groups in total. The Morgan fingerprint density at radius 2 is 1.10 bits per heavy atom. The molecule has 224 valence electrons. The Kier molecular flexibility index (Phi) is 11.3. The first-order chi connectivity index (χ1) is 18.1. The number of nitrogens with one attached hydrogen (secondary N) is 2. The summed E-state index contributed by atoms with van der Waals surface area (Å²) < 4.78 is 89.5. The number of ether oxygens (including phenoxy) is 4. The van der Waals surface area contributed by atoms with E-state index < -0.39 is 41.9 Å². The summed E-state index contributed by atoms with van der Waals surface area (Å²) in [6, 6.07) is 9.40. The normalized spacial score (nSPS) is 11.8. The minimum atomic E-state index is -4.85. The summed E-state index contributed by atoms with van der Waals surface area (Å²) in [6.07, 6.45) is -11.4. The smallest absolute Gasteiger partial charge is 0.443 e. The molecule has 0 heterocycles. The van der Waals surface area contributed by atoms with E-state index in [1.54, 1.807) is 41.5 Å². The van der Waals surface area contributed by atoms with E-state index >= 15 is 0 Å². The van der Waals surface area contributed by atoms with E-state index in [1.807, 2.05) is 0 Å². The quantitative estimate of drug-likeness (QED) is 0.208. The second kappa shape index (κ2) is 13.3. The van der Waals surface area contributed by atoms with Crippen molar-refractivity contribution in [2.24, 2.45) is 5.84 Å². The van der Waals surface area contributed by atoms with Crippen LogP contribution in [0.4, 0.5) is 47.3 Å². The Bertz CT molecular complexity index is 1100. The highest BCUT2D eigenvalue weighted by Crippen LogP contribution is 2.26. The molecule has 2 rings (SSSR count). The summed E-state index contributed by atoms with van der Waals surface area (Å²) in [7, 11) is 0.